The first kappa shape index (κ1) is 33.9. The van der Waals surface area contributed by atoms with Crippen LogP contribution >= 0.6 is 0 Å². The zero-order valence-electron chi connectivity index (χ0n) is 28.4. The van der Waals surface area contributed by atoms with Gasteiger partial charge in [0.05, 0.1) is 0 Å². The van der Waals surface area contributed by atoms with Gasteiger partial charge in [0, 0.05) is 0 Å². The van der Waals surface area contributed by atoms with Gasteiger partial charge in [-0.1, -0.05) is 75.9 Å². The van der Waals surface area contributed by atoms with Crippen LogP contribution in [0.15, 0.2) is 97.1 Å². The second-order valence-electron chi connectivity index (χ2n) is 14.3. The van der Waals surface area contributed by atoms with E-state index in [1.54, 1.807) is 0 Å². The number of benzene rings is 4. The van der Waals surface area contributed by atoms with Gasteiger partial charge in [0.2, 0.25) is 0 Å². The Morgan fingerprint density at radius 3 is 1.34 bits per heavy atom. The quantitative estimate of drug-likeness (QED) is 0.166. The zero-order chi connectivity index (χ0) is 32.2. The summed E-state index contributed by atoms with van der Waals surface area (Å²) in [5.41, 5.74) is 11.4. The van der Waals surface area contributed by atoms with Gasteiger partial charge in [-0.3, -0.25) is 6.08 Å². The van der Waals surface area contributed by atoms with Gasteiger partial charge in [0.15, 0.2) is 0 Å². The predicted octanol–water partition coefficient (Wildman–Crippen LogP) is 11.6. The fourth-order valence-corrected chi connectivity index (χ4v) is 6.72. The minimum Gasteiger partial charge on any atom is -0.273 e. The van der Waals surface area contributed by atoms with E-state index in [2.05, 4.69) is 160 Å². The molecule has 0 heterocycles. The standard InChI is InChI=1S/C23H29.C15H14.C5H5.Zr/c1-14-9-16-11-17-10-15(2)21(23(6,7)8)13-19(17)18(16)12-20(14)22(3,4)5;1-12-3-7-14(8-4-12)11-15-9-5-13(2)6-10-15;1-2-4-5-3-1;/h9-13H,1-8H3;3-10H,1-2H3;1-3H,4H2;/q-1;;-1;+2. The Morgan fingerprint density at radius 2 is 1.05 bits per heavy atom. The Hall–Kier alpha value is -3.02. The molecule has 0 fully saturated rings. The molecule has 0 radical (unpaired) electrons. The molecule has 0 saturated heterocycles. The molecule has 0 spiro atoms. The molecule has 0 aliphatic heterocycles. The van der Waals surface area contributed by atoms with E-state index in [4.69, 9.17) is 0 Å². The monoisotopic (exact) mass is 654 g/mol. The molecule has 0 atom stereocenters. The van der Waals surface area contributed by atoms with Crippen LogP contribution in [0.1, 0.15) is 92.5 Å². The second kappa shape index (κ2) is 14.0. The molecular formula is C43H48Zr. The van der Waals surface area contributed by atoms with Crippen LogP contribution in [0.25, 0.3) is 21.5 Å². The van der Waals surface area contributed by atoms with Gasteiger partial charge in [-0.15, -0.1) is 46.2 Å². The normalized spacial score (nSPS) is 12.6. The maximum atomic E-state index is 2.99. The third-order valence-electron chi connectivity index (χ3n) is 8.28. The van der Waals surface area contributed by atoms with Crippen molar-refractivity contribution in [2.45, 2.75) is 86.5 Å². The summed E-state index contributed by atoms with van der Waals surface area (Å²) in [6.45, 7) is 22.5. The fraction of sp³-hybridized carbons (Fsp3) is 0.302. The Kier molecular flexibility index (Phi) is 10.7. The van der Waals surface area contributed by atoms with Crippen molar-refractivity contribution in [2.24, 2.45) is 0 Å². The average molecular weight is 656 g/mol. The number of allylic oxidation sites excluding steroid dienone is 4. The molecule has 0 unspecified atom stereocenters. The minimum atomic E-state index is 0.180. The number of hydrogen-bond donors (Lipinski definition) is 0. The van der Waals surface area contributed by atoms with Crippen LogP contribution in [0.4, 0.5) is 0 Å². The molecule has 0 amide bonds. The van der Waals surface area contributed by atoms with Crippen molar-refractivity contribution in [3.8, 4) is 0 Å². The summed E-state index contributed by atoms with van der Waals surface area (Å²) < 4.78 is 1.42. The first-order valence-corrected chi connectivity index (χ1v) is 17.0. The smallest absolute Gasteiger partial charge is 0.109 e. The van der Waals surface area contributed by atoms with Crippen molar-refractivity contribution in [3.63, 3.8) is 0 Å². The van der Waals surface area contributed by atoms with Gasteiger partial charge >= 0.3 is 112 Å². The molecule has 6 rings (SSSR count). The molecule has 5 aromatic rings. The van der Waals surface area contributed by atoms with E-state index in [0.717, 1.165) is 6.42 Å². The van der Waals surface area contributed by atoms with Crippen LogP contribution in [0.3, 0.4) is 0 Å². The van der Waals surface area contributed by atoms with E-state index in [9.17, 15) is 0 Å². The molecule has 1 aliphatic carbocycles. The molecule has 0 bridgehead atoms. The van der Waals surface area contributed by atoms with E-state index < -0.39 is 0 Å². The molecule has 0 N–H and O–H groups in total. The summed E-state index contributed by atoms with van der Waals surface area (Å²) in [5.74, 6) is 0. The van der Waals surface area contributed by atoms with E-state index in [1.807, 2.05) is 12.2 Å². The van der Waals surface area contributed by atoms with Crippen molar-refractivity contribution in [3.05, 3.63) is 148 Å². The average Bonchev–Trinajstić information content (AvgIpc) is 3.63. The summed E-state index contributed by atoms with van der Waals surface area (Å²) in [4.78, 5) is 0. The van der Waals surface area contributed by atoms with Gasteiger partial charge in [-0.25, -0.2) is 12.2 Å². The van der Waals surface area contributed by atoms with Crippen LogP contribution < -0.4 is 0 Å². The van der Waals surface area contributed by atoms with E-state index >= 15 is 0 Å². The fourth-order valence-electron chi connectivity index (χ4n) is 5.90. The maximum Gasteiger partial charge on any atom is -0.109 e. The van der Waals surface area contributed by atoms with E-state index in [-0.39, 0.29) is 10.8 Å². The first-order valence-electron chi connectivity index (χ1n) is 15.7. The molecule has 0 nitrogen and oxygen atoms in total. The Labute approximate surface area is 281 Å². The van der Waals surface area contributed by atoms with Crippen molar-refractivity contribution < 1.29 is 24.2 Å². The topological polar surface area (TPSA) is 0 Å². The largest absolute Gasteiger partial charge is 0.273 e. The van der Waals surface area contributed by atoms with E-state index in [0.29, 0.717) is 0 Å². The Bertz CT molecular complexity index is 1670. The van der Waals surface area contributed by atoms with Gasteiger partial charge in [-0.2, -0.15) is 6.08 Å². The molecule has 1 aliphatic rings. The first-order chi connectivity index (χ1) is 20.6. The molecule has 0 aromatic heterocycles. The summed E-state index contributed by atoms with van der Waals surface area (Å²) in [7, 11) is 0. The number of rotatable bonds is 2. The van der Waals surface area contributed by atoms with E-state index in [1.165, 1.54) is 93.5 Å². The summed E-state index contributed by atoms with van der Waals surface area (Å²) in [5, 5.41) is 5.55. The molecule has 224 valence electrons. The molecular weight excluding hydrogens is 608 g/mol. The third kappa shape index (κ3) is 8.37. The summed E-state index contributed by atoms with van der Waals surface area (Å²) >= 11 is 1.46. The van der Waals surface area contributed by atoms with Gasteiger partial charge < -0.3 is 0 Å². The van der Waals surface area contributed by atoms with Crippen molar-refractivity contribution >= 4 is 24.8 Å². The maximum absolute atomic E-state index is 2.99. The van der Waals surface area contributed by atoms with Crippen LogP contribution in [0, 0.1) is 33.8 Å². The number of aryl methyl sites for hydroxylation is 4. The minimum absolute atomic E-state index is 0.180. The van der Waals surface area contributed by atoms with Crippen LogP contribution in [0.5, 0.6) is 0 Å². The predicted molar refractivity (Wildman–Crippen MR) is 191 cm³/mol. The van der Waals surface area contributed by atoms with Crippen LogP contribution in [-0.4, -0.2) is 3.21 Å². The van der Waals surface area contributed by atoms with Gasteiger partial charge in [0.1, 0.15) is 0 Å². The molecule has 1 heteroatoms. The van der Waals surface area contributed by atoms with Crippen LogP contribution in [-0.2, 0) is 35.1 Å². The zero-order valence-corrected chi connectivity index (χ0v) is 30.9. The van der Waals surface area contributed by atoms with Crippen molar-refractivity contribution in [2.75, 3.05) is 0 Å². The summed E-state index contributed by atoms with van der Waals surface area (Å²) in [6, 6.07) is 29.5. The SMILES string of the molecule is Cc1cc2[cH-]c3cc(C)c(C(C)(C)C)cc3c2cc1C(C)(C)C.Cc1ccc([C](=[Zr+2])c2ccc(C)cc2)cc1.[C-]1=CC=CC1. The van der Waals surface area contributed by atoms with Crippen molar-refractivity contribution in [1.29, 1.82) is 0 Å². The van der Waals surface area contributed by atoms with Gasteiger partial charge in [0.25, 0.3) is 0 Å². The number of fused-ring (bicyclic) bond motifs is 3. The third-order valence-corrected chi connectivity index (χ3v) is 9.70. The molecule has 0 saturated carbocycles. The van der Waals surface area contributed by atoms with Crippen LogP contribution in [0.2, 0.25) is 0 Å². The Balaban J connectivity index is 0.000000181. The number of hydrogen-bond acceptors (Lipinski definition) is 0. The summed E-state index contributed by atoms with van der Waals surface area (Å²) in [6.07, 6.45) is 10.0. The molecule has 44 heavy (non-hydrogen) atoms. The second-order valence-corrected chi connectivity index (χ2v) is 15.5. The van der Waals surface area contributed by atoms with Gasteiger partial charge in [-0.05, 0) is 24.7 Å². The molecule has 5 aromatic carbocycles. The van der Waals surface area contributed by atoms with Crippen molar-refractivity contribution in [1.82, 2.24) is 0 Å². The Morgan fingerprint density at radius 1 is 0.636 bits per heavy atom.